The highest BCUT2D eigenvalue weighted by atomic mass is 19.4. The quantitative estimate of drug-likeness (QED) is 0.428. The number of ether oxygens (including phenoxy) is 1. The molecule has 1 unspecified atom stereocenters. The fourth-order valence-electron chi connectivity index (χ4n) is 5.84. The van der Waals surface area contributed by atoms with Gasteiger partial charge in [0, 0.05) is 12.0 Å². The Morgan fingerprint density at radius 1 is 1.00 bits per heavy atom. The summed E-state index contributed by atoms with van der Waals surface area (Å²) in [5.74, 6) is -2.94. The summed E-state index contributed by atoms with van der Waals surface area (Å²) in [5.41, 5.74) is 1.04. The van der Waals surface area contributed by atoms with Crippen molar-refractivity contribution in [2.75, 3.05) is 26.2 Å². The molecular weight excluding hydrogens is 511 g/mol. The lowest BCUT2D eigenvalue weighted by Gasteiger charge is -2.46. The van der Waals surface area contributed by atoms with E-state index < -0.39 is 23.7 Å². The van der Waals surface area contributed by atoms with Gasteiger partial charge in [-0.15, -0.1) is 0 Å². The molecule has 2 aliphatic heterocycles. The Hall–Kier alpha value is -2.91. The van der Waals surface area contributed by atoms with Crippen LogP contribution in [0, 0.1) is 5.92 Å². The van der Waals surface area contributed by atoms with Crippen LogP contribution in [0.1, 0.15) is 62.6 Å². The number of nitrogens with zero attached hydrogens (tertiary/aromatic N) is 1. The van der Waals surface area contributed by atoms with Gasteiger partial charge in [-0.05, 0) is 95.1 Å². The summed E-state index contributed by atoms with van der Waals surface area (Å²) in [4.78, 5) is 20.7. The molecule has 2 aliphatic rings. The van der Waals surface area contributed by atoms with Gasteiger partial charge in [-0.1, -0.05) is 48.5 Å². The number of carboxylic acids is 2. The third-order valence-corrected chi connectivity index (χ3v) is 7.80. The molecule has 39 heavy (non-hydrogen) atoms. The van der Waals surface area contributed by atoms with Crippen molar-refractivity contribution < 1.29 is 37.7 Å². The van der Waals surface area contributed by atoms with Crippen LogP contribution in [0.25, 0.3) is 0 Å². The minimum Gasteiger partial charge on any atom is -0.473 e. The SMILES string of the molecule is CC1(C)CC(CCN2CCC(Cc3ccccc3)CC2)(c2cccc(C(F)(F)F)c2)CCO1.O=C(O)C(=O)O. The molecule has 6 nitrogen and oxygen atoms in total. The Labute approximate surface area is 227 Å². The molecule has 4 rings (SSSR count). The molecule has 0 radical (unpaired) electrons. The zero-order chi connectivity index (χ0) is 28.7. The third-order valence-electron chi connectivity index (χ3n) is 7.80. The van der Waals surface area contributed by atoms with Crippen LogP contribution in [-0.2, 0) is 32.3 Å². The number of likely N-dealkylation sites (tertiary alicyclic amines) is 1. The van der Waals surface area contributed by atoms with Gasteiger partial charge in [0.1, 0.15) is 0 Å². The van der Waals surface area contributed by atoms with E-state index >= 15 is 0 Å². The van der Waals surface area contributed by atoms with Crippen molar-refractivity contribution in [1.29, 1.82) is 0 Å². The molecule has 0 aliphatic carbocycles. The third kappa shape index (κ3) is 9.07. The van der Waals surface area contributed by atoms with Crippen molar-refractivity contribution in [3.63, 3.8) is 0 Å². The van der Waals surface area contributed by atoms with Crippen LogP contribution < -0.4 is 0 Å². The van der Waals surface area contributed by atoms with E-state index in [4.69, 9.17) is 24.5 Å². The molecule has 2 aromatic carbocycles. The second-order valence-electron chi connectivity index (χ2n) is 11.2. The average Bonchev–Trinajstić information content (AvgIpc) is 2.88. The lowest BCUT2D eigenvalue weighted by molar-refractivity contribution is -0.159. The molecule has 2 fully saturated rings. The van der Waals surface area contributed by atoms with E-state index in [-0.39, 0.29) is 11.0 Å². The van der Waals surface area contributed by atoms with E-state index in [0.29, 0.717) is 12.5 Å². The number of rotatable bonds is 6. The molecule has 9 heteroatoms. The van der Waals surface area contributed by atoms with Crippen LogP contribution in [0.4, 0.5) is 13.2 Å². The van der Waals surface area contributed by atoms with Crippen LogP contribution in [0.5, 0.6) is 0 Å². The lowest BCUT2D eigenvalue weighted by atomic mass is 9.67. The van der Waals surface area contributed by atoms with Gasteiger partial charge in [-0.2, -0.15) is 13.2 Å². The summed E-state index contributed by atoms with van der Waals surface area (Å²) in [5, 5.41) is 14.8. The van der Waals surface area contributed by atoms with Gasteiger partial charge in [0.25, 0.3) is 0 Å². The molecule has 2 N–H and O–H groups in total. The molecule has 0 aromatic heterocycles. The zero-order valence-corrected chi connectivity index (χ0v) is 22.5. The molecule has 214 valence electrons. The Balaban J connectivity index is 0.000000631. The average molecular weight is 550 g/mol. The number of hydrogen-bond acceptors (Lipinski definition) is 4. The summed E-state index contributed by atoms with van der Waals surface area (Å²) >= 11 is 0. The molecule has 2 heterocycles. The number of aliphatic carboxylic acids is 2. The van der Waals surface area contributed by atoms with E-state index in [9.17, 15) is 13.2 Å². The Morgan fingerprint density at radius 2 is 1.64 bits per heavy atom. The van der Waals surface area contributed by atoms with Gasteiger partial charge in [-0.25, -0.2) is 9.59 Å². The van der Waals surface area contributed by atoms with E-state index in [1.54, 1.807) is 6.07 Å². The minimum atomic E-state index is -4.32. The first-order valence-electron chi connectivity index (χ1n) is 13.3. The minimum absolute atomic E-state index is 0.288. The summed E-state index contributed by atoms with van der Waals surface area (Å²) in [7, 11) is 0. The highest BCUT2D eigenvalue weighted by Crippen LogP contribution is 2.45. The molecule has 0 spiro atoms. The maximum atomic E-state index is 13.4. The fourth-order valence-corrected chi connectivity index (χ4v) is 5.84. The highest BCUT2D eigenvalue weighted by molar-refractivity contribution is 6.27. The highest BCUT2D eigenvalue weighted by Gasteiger charge is 2.43. The molecule has 0 bridgehead atoms. The topological polar surface area (TPSA) is 87.1 Å². The Bertz CT molecular complexity index is 1090. The van der Waals surface area contributed by atoms with Gasteiger partial charge >= 0.3 is 18.1 Å². The fraction of sp³-hybridized carbons (Fsp3) is 0.533. The van der Waals surface area contributed by atoms with Crippen molar-refractivity contribution >= 4 is 11.9 Å². The second-order valence-corrected chi connectivity index (χ2v) is 11.2. The predicted octanol–water partition coefficient (Wildman–Crippen LogP) is 6.03. The summed E-state index contributed by atoms with van der Waals surface area (Å²) < 4.78 is 46.3. The maximum Gasteiger partial charge on any atom is 0.416 e. The van der Waals surface area contributed by atoms with E-state index in [1.165, 1.54) is 30.5 Å². The van der Waals surface area contributed by atoms with E-state index in [2.05, 4.69) is 49.1 Å². The summed E-state index contributed by atoms with van der Waals surface area (Å²) in [6.45, 7) is 7.76. The Morgan fingerprint density at radius 3 is 2.21 bits per heavy atom. The van der Waals surface area contributed by atoms with Gasteiger partial charge in [0.2, 0.25) is 0 Å². The summed E-state index contributed by atoms with van der Waals surface area (Å²) in [6, 6.07) is 16.7. The van der Waals surface area contributed by atoms with E-state index in [1.807, 2.05) is 6.07 Å². The number of carboxylic acid groups (broad SMARTS) is 2. The van der Waals surface area contributed by atoms with Crippen LogP contribution in [0.2, 0.25) is 0 Å². The standard InChI is InChI=1S/C28H36F3NO.C2H2O4/c1-26(2)21-27(14-18-33-26,24-9-6-10-25(20-24)28(29,30)31)13-17-32-15-11-23(12-16-32)19-22-7-4-3-5-8-22;3-1(4)2(5)6/h3-10,20,23H,11-19,21H2,1-2H3;(H,3,4)(H,5,6). The number of alkyl halides is 3. The van der Waals surface area contributed by atoms with Gasteiger partial charge in [0.05, 0.1) is 11.2 Å². The summed E-state index contributed by atoms with van der Waals surface area (Å²) in [6.07, 6.45) is 1.55. The monoisotopic (exact) mass is 549 g/mol. The smallest absolute Gasteiger partial charge is 0.416 e. The van der Waals surface area contributed by atoms with Crippen molar-refractivity contribution in [1.82, 2.24) is 4.90 Å². The normalized spacial score (nSPS) is 22.0. The van der Waals surface area contributed by atoms with Crippen molar-refractivity contribution in [3.8, 4) is 0 Å². The molecule has 0 saturated carbocycles. The number of piperidine rings is 1. The van der Waals surface area contributed by atoms with Crippen molar-refractivity contribution in [2.45, 2.75) is 69.6 Å². The maximum absolute atomic E-state index is 13.4. The number of halogens is 3. The van der Waals surface area contributed by atoms with E-state index in [0.717, 1.165) is 50.9 Å². The first-order chi connectivity index (χ1) is 18.3. The van der Waals surface area contributed by atoms with Crippen LogP contribution in [0.15, 0.2) is 54.6 Å². The van der Waals surface area contributed by atoms with Crippen LogP contribution >= 0.6 is 0 Å². The van der Waals surface area contributed by atoms with Crippen molar-refractivity contribution in [2.24, 2.45) is 5.92 Å². The lowest BCUT2D eigenvalue weighted by Crippen LogP contribution is -2.46. The van der Waals surface area contributed by atoms with Crippen LogP contribution in [0.3, 0.4) is 0 Å². The van der Waals surface area contributed by atoms with Crippen LogP contribution in [-0.4, -0.2) is 58.9 Å². The molecule has 2 saturated heterocycles. The largest absolute Gasteiger partial charge is 0.473 e. The first kappa shape index (κ1) is 30.6. The predicted molar refractivity (Wildman–Crippen MR) is 142 cm³/mol. The zero-order valence-electron chi connectivity index (χ0n) is 22.5. The number of benzene rings is 2. The molecular formula is C30H38F3NO5. The molecule has 0 amide bonds. The second kappa shape index (κ2) is 13.0. The number of carbonyl (C=O) groups is 2. The van der Waals surface area contributed by atoms with Gasteiger partial charge in [0.15, 0.2) is 0 Å². The van der Waals surface area contributed by atoms with Gasteiger partial charge in [-0.3, -0.25) is 0 Å². The first-order valence-corrected chi connectivity index (χ1v) is 13.3. The molecule has 2 aromatic rings. The number of hydrogen-bond donors (Lipinski definition) is 2. The van der Waals surface area contributed by atoms with Crippen molar-refractivity contribution in [3.05, 3.63) is 71.3 Å². The molecule has 1 atom stereocenters. The Kier molecular flexibility index (Phi) is 10.2. The van der Waals surface area contributed by atoms with Gasteiger partial charge < -0.3 is 19.8 Å².